The highest BCUT2D eigenvalue weighted by Gasteiger charge is 2.11. The molecule has 0 spiro atoms. The first kappa shape index (κ1) is 20.1. The highest BCUT2D eigenvalue weighted by Crippen LogP contribution is 2.25. The number of hydrogen-bond acceptors (Lipinski definition) is 4. The zero-order valence-corrected chi connectivity index (χ0v) is 16.4. The highest BCUT2D eigenvalue weighted by atomic mass is 16.5. The molecule has 0 fully saturated rings. The van der Waals surface area contributed by atoms with E-state index in [4.69, 9.17) is 4.74 Å². The predicted octanol–water partition coefficient (Wildman–Crippen LogP) is 3.13. The number of nitrogens with one attached hydrogen (secondary N) is 1. The molecule has 0 bridgehead atoms. The first-order valence-electron chi connectivity index (χ1n) is 9.26. The van der Waals surface area contributed by atoms with E-state index in [0.717, 1.165) is 28.8 Å². The zero-order valence-electron chi connectivity index (χ0n) is 16.4. The average molecular weight is 389 g/mol. The Morgan fingerprint density at radius 2 is 2.03 bits per heavy atom. The summed E-state index contributed by atoms with van der Waals surface area (Å²) in [5, 5.41) is 2.72. The highest BCUT2D eigenvalue weighted by molar-refractivity contribution is 5.93. The molecule has 1 atom stereocenters. The van der Waals surface area contributed by atoms with Crippen molar-refractivity contribution in [3.05, 3.63) is 84.0 Å². The normalized spacial score (nSPS) is 11.9. The van der Waals surface area contributed by atoms with Gasteiger partial charge in [0.2, 0.25) is 5.91 Å². The van der Waals surface area contributed by atoms with Crippen molar-refractivity contribution in [2.75, 3.05) is 7.11 Å². The second-order valence-electron chi connectivity index (χ2n) is 6.63. The average Bonchev–Trinajstić information content (AvgIpc) is 3.18. The van der Waals surface area contributed by atoms with E-state index >= 15 is 0 Å². The van der Waals surface area contributed by atoms with E-state index in [1.165, 1.54) is 6.08 Å². The fourth-order valence-electron chi connectivity index (χ4n) is 2.97. The summed E-state index contributed by atoms with van der Waals surface area (Å²) < 4.78 is 7.36. The van der Waals surface area contributed by atoms with Gasteiger partial charge in [0, 0.05) is 12.3 Å². The molecule has 1 amide bonds. The third kappa shape index (κ3) is 5.42. The second kappa shape index (κ2) is 9.50. The van der Waals surface area contributed by atoms with Gasteiger partial charge in [-0.2, -0.15) is 0 Å². The molecule has 29 heavy (non-hydrogen) atoms. The quantitative estimate of drug-likeness (QED) is 0.475. The lowest BCUT2D eigenvalue weighted by molar-refractivity contribution is -0.120. The van der Waals surface area contributed by atoms with Gasteiger partial charge in [0.05, 0.1) is 30.9 Å². The van der Waals surface area contributed by atoms with Crippen molar-refractivity contribution >= 4 is 18.3 Å². The number of ether oxygens (including phenoxy) is 1. The first-order chi connectivity index (χ1) is 14.1. The summed E-state index contributed by atoms with van der Waals surface area (Å²) in [5.41, 5.74) is 3.57. The Balaban J connectivity index is 1.67. The van der Waals surface area contributed by atoms with Crippen LogP contribution in [0.15, 0.2) is 67.1 Å². The van der Waals surface area contributed by atoms with E-state index in [1.807, 2.05) is 66.2 Å². The number of amides is 1. The van der Waals surface area contributed by atoms with Gasteiger partial charge in [-0.3, -0.25) is 4.79 Å². The van der Waals surface area contributed by atoms with Crippen LogP contribution in [0, 0.1) is 6.92 Å². The van der Waals surface area contributed by atoms with Crippen molar-refractivity contribution in [3.63, 3.8) is 0 Å². The van der Waals surface area contributed by atoms with Crippen molar-refractivity contribution in [1.29, 1.82) is 0 Å². The van der Waals surface area contributed by atoms with Crippen LogP contribution in [0.3, 0.4) is 0 Å². The fourth-order valence-corrected chi connectivity index (χ4v) is 2.97. The Morgan fingerprint density at radius 1 is 1.24 bits per heavy atom. The molecule has 0 aliphatic heterocycles. The number of imidazole rings is 1. The third-order valence-corrected chi connectivity index (χ3v) is 4.41. The molecule has 0 aliphatic rings. The van der Waals surface area contributed by atoms with Gasteiger partial charge < -0.3 is 19.4 Å². The molecule has 3 aromatic rings. The lowest BCUT2D eigenvalue weighted by Crippen LogP contribution is -2.36. The first-order valence-corrected chi connectivity index (χ1v) is 9.26. The van der Waals surface area contributed by atoms with Crippen LogP contribution in [0.2, 0.25) is 0 Å². The van der Waals surface area contributed by atoms with Crippen LogP contribution in [0.5, 0.6) is 5.75 Å². The van der Waals surface area contributed by atoms with Gasteiger partial charge in [0.1, 0.15) is 12.0 Å². The Kier molecular flexibility index (Phi) is 6.58. The summed E-state index contributed by atoms with van der Waals surface area (Å²) in [5.74, 6) is 0.339. The minimum atomic E-state index is -0.573. The van der Waals surface area contributed by atoms with E-state index in [1.54, 1.807) is 19.5 Å². The Morgan fingerprint density at radius 3 is 2.69 bits per heavy atom. The van der Waals surface area contributed by atoms with Crippen molar-refractivity contribution < 1.29 is 14.3 Å². The summed E-state index contributed by atoms with van der Waals surface area (Å²) in [6.45, 7) is 1.92. The van der Waals surface area contributed by atoms with Crippen molar-refractivity contribution in [1.82, 2.24) is 14.9 Å². The topological polar surface area (TPSA) is 73.2 Å². The maximum absolute atomic E-state index is 12.2. The number of benzene rings is 2. The Hall–Kier alpha value is -3.67. The number of carbonyl (C=O) groups is 2. The molecular weight excluding hydrogens is 366 g/mol. The molecule has 0 saturated carbocycles. The molecule has 1 N–H and O–H groups in total. The van der Waals surface area contributed by atoms with E-state index in [9.17, 15) is 9.59 Å². The molecule has 2 aromatic carbocycles. The van der Waals surface area contributed by atoms with Crippen LogP contribution in [0.25, 0.3) is 11.8 Å². The van der Waals surface area contributed by atoms with Crippen molar-refractivity contribution in [2.45, 2.75) is 19.4 Å². The standard InChI is InChI=1S/C23H23N3O3/c1-17-14-26(16-24-17)21-10-8-19(13-22(21)29-2)9-11-23(28)25-20(15-27)12-18-6-4-3-5-7-18/h3-11,13-16,20H,12H2,1-2H3,(H,25,28)/t20-/m1/s1. The van der Waals surface area contributed by atoms with Gasteiger partial charge in [-0.15, -0.1) is 0 Å². The molecule has 148 valence electrons. The summed E-state index contributed by atoms with van der Waals surface area (Å²) >= 11 is 0. The smallest absolute Gasteiger partial charge is 0.244 e. The SMILES string of the molecule is COc1cc(C=CC(=O)N[C@@H](C=O)Cc2ccccc2)ccc1-n1cnc(C)c1. The van der Waals surface area contributed by atoms with E-state index in [-0.39, 0.29) is 5.91 Å². The molecule has 0 unspecified atom stereocenters. The number of aldehydes is 1. The number of aromatic nitrogens is 2. The zero-order chi connectivity index (χ0) is 20.6. The van der Waals surface area contributed by atoms with E-state index in [0.29, 0.717) is 12.2 Å². The molecule has 1 aromatic heterocycles. The molecule has 1 heterocycles. The van der Waals surface area contributed by atoms with Gasteiger partial charge in [0.25, 0.3) is 0 Å². The number of methoxy groups -OCH3 is 1. The van der Waals surface area contributed by atoms with E-state index < -0.39 is 6.04 Å². The minimum absolute atomic E-state index is 0.327. The lowest BCUT2D eigenvalue weighted by atomic mass is 10.1. The maximum Gasteiger partial charge on any atom is 0.244 e. The molecular formula is C23H23N3O3. The number of hydrogen-bond donors (Lipinski definition) is 1. The van der Waals surface area contributed by atoms with Gasteiger partial charge in [-0.1, -0.05) is 36.4 Å². The molecule has 6 nitrogen and oxygen atoms in total. The van der Waals surface area contributed by atoms with Gasteiger partial charge in [-0.25, -0.2) is 4.98 Å². The van der Waals surface area contributed by atoms with Crippen LogP contribution >= 0.6 is 0 Å². The van der Waals surface area contributed by atoms with Crippen LogP contribution < -0.4 is 10.1 Å². The Labute approximate surface area is 169 Å². The largest absolute Gasteiger partial charge is 0.495 e. The molecule has 6 heteroatoms. The molecule has 3 rings (SSSR count). The lowest BCUT2D eigenvalue weighted by Gasteiger charge is -2.11. The van der Waals surface area contributed by atoms with Crippen molar-refractivity contribution in [3.8, 4) is 11.4 Å². The minimum Gasteiger partial charge on any atom is -0.495 e. The molecule has 0 saturated heterocycles. The number of nitrogens with zero attached hydrogens (tertiary/aromatic N) is 2. The van der Waals surface area contributed by atoms with Gasteiger partial charge in [0.15, 0.2) is 0 Å². The molecule has 0 aliphatic carbocycles. The third-order valence-electron chi connectivity index (χ3n) is 4.41. The van der Waals surface area contributed by atoms with Crippen molar-refractivity contribution in [2.24, 2.45) is 0 Å². The second-order valence-corrected chi connectivity index (χ2v) is 6.63. The summed E-state index contributed by atoms with van der Waals surface area (Å²) in [6.07, 6.45) is 7.94. The number of carbonyl (C=O) groups excluding carboxylic acids is 2. The summed E-state index contributed by atoms with van der Waals surface area (Å²) in [6, 6.07) is 14.6. The molecule has 0 radical (unpaired) electrons. The van der Waals surface area contributed by atoms with Gasteiger partial charge >= 0.3 is 0 Å². The van der Waals surface area contributed by atoms with Crippen LogP contribution in [0.1, 0.15) is 16.8 Å². The van der Waals surface area contributed by atoms with Crippen LogP contribution in [-0.2, 0) is 16.0 Å². The Bertz CT molecular complexity index is 1010. The summed E-state index contributed by atoms with van der Waals surface area (Å²) in [4.78, 5) is 27.8. The maximum atomic E-state index is 12.2. The summed E-state index contributed by atoms with van der Waals surface area (Å²) in [7, 11) is 1.60. The number of rotatable bonds is 8. The van der Waals surface area contributed by atoms with Crippen LogP contribution in [-0.4, -0.2) is 34.9 Å². The number of aryl methyl sites for hydroxylation is 1. The monoisotopic (exact) mass is 389 g/mol. The van der Waals surface area contributed by atoms with Crippen LogP contribution in [0.4, 0.5) is 0 Å². The fraction of sp³-hybridized carbons (Fsp3) is 0.174. The van der Waals surface area contributed by atoms with E-state index in [2.05, 4.69) is 10.3 Å². The van der Waals surface area contributed by atoms with Gasteiger partial charge in [-0.05, 0) is 42.7 Å². The predicted molar refractivity (Wildman–Crippen MR) is 112 cm³/mol.